The molecule has 88 valence electrons. The van der Waals surface area contributed by atoms with Crippen LogP contribution in [0.4, 0.5) is 5.69 Å². The molecule has 0 saturated carbocycles. The second kappa shape index (κ2) is 4.85. The van der Waals surface area contributed by atoms with Crippen molar-refractivity contribution in [2.24, 2.45) is 5.73 Å². The number of ether oxygens (including phenoxy) is 1. The Morgan fingerprint density at radius 1 is 1.53 bits per heavy atom. The first-order chi connectivity index (χ1) is 8.24. The van der Waals surface area contributed by atoms with Gasteiger partial charge in [-0.2, -0.15) is 5.26 Å². The van der Waals surface area contributed by atoms with E-state index in [1.54, 1.807) is 12.1 Å². The van der Waals surface area contributed by atoms with Crippen LogP contribution in [0.25, 0.3) is 0 Å². The van der Waals surface area contributed by atoms with Crippen molar-refractivity contribution in [3.8, 4) is 6.07 Å². The van der Waals surface area contributed by atoms with E-state index in [4.69, 9.17) is 15.7 Å². The van der Waals surface area contributed by atoms with E-state index in [1.807, 2.05) is 17.0 Å². The Hall–Kier alpha value is -2.06. The van der Waals surface area contributed by atoms with Crippen LogP contribution in [-0.4, -0.2) is 31.7 Å². The third kappa shape index (κ3) is 2.22. The standard InChI is InChI=1S/C12H13N3O2/c13-7-9-3-1-2-4-10(9)15-5-6-17-8-11(15)12(14)16/h1-4,11H,5-6,8H2,(H2,14,16). The molecule has 1 saturated heterocycles. The van der Waals surface area contributed by atoms with E-state index in [0.29, 0.717) is 18.7 Å². The summed E-state index contributed by atoms with van der Waals surface area (Å²) in [5, 5.41) is 9.05. The number of hydrogen-bond acceptors (Lipinski definition) is 4. The summed E-state index contributed by atoms with van der Waals surface area (Å²) in [6.07, 6.45) is 0. The molecule has 1 unspecified atom stereocenters. The van der Waals surface area contributed by atoms with Crippen LogP contribution in [-0.2, 0) is 9.53 Å². The number of amides is 1. The zero-order valence-electron chi connectivity index (χ0n) is 9.30. The number of nitriles is 1. The van der Waals surface area contributed by atoms with E-state index >= 15 is 0 Å². The summed E-state index contributed by atoms with van der Waals surface area (Å²) in [6, 6.07) is 8.79. The summed E-state index contributed by atoms with van der Waals surface area (Å²) < 4.78 is 5.24. The van der Waals surface area contributed by atoms with Crippen molar-refractivity contribution < 1.29 is 9.53 Å². The van der Waals surface area contributed by atoms with Crippen LogP contribution in [0.1, 0.15) is 5.56 Å². The van der Waals surface area contributed by atoms with Gasteiger partial charge in [0.25, 0.3) is 0 Å². The molecule has 2 N–H and O–H groups in total. The first kappa shape index (κ1) is 11.4. The minimum absolute atomic E-state index is 0.273. The number of carbonyl (C=O) groups is 1. The number of nitrogens with two attached hydrogens (primary N) is 1. The van der Waals surface area contributed by atoms with Gasteiger partial charge in [0, 0.05) is 6.54 Å². The number of para-hydroxylation sites is 1. The first-order valence-electron chi connectivity index (χ1n) is 5.37. The molecule has 0 bridgehead atoms. The first-order valence-corrected chi connectivity index (χ1v) is 5.37. The molecule has 1 heterocycles. The summed E-state index contributed by atoms with van der Waals surface area (Å²) in [4.78, 5) is 13.2. The predicted octanol–water partition coefficient (Wildman–Crippen LogP) is 0.249. The summed E-state index contributed by atoms with van der Waals surface area (Å²) in [5.74, 6) is -0.433. The fourth-order valence-corrected chi connectivity index (χ4v) is 1.95. The highest BCUT2D eigenvalue weighted by atomic mass is 16.5. The van der Waals surface area contributed by atoms with Gasteiger partial charge >= 0.3 is 0 Å². The lowest BCUT2D eigenvalue weighted by molar-refractivity contribution is -0.121. The maximum atomic E-state index is 11.4. The van der Waals surface area contributed by atoms with Crippen molar-refractivity contribution in [1.29, 1.82) is 5.26 Å². The highest BCUT2D eigenvalue weighted by Gasteiger charge is 2.28. The number of primary amides is 1. The van der Waals surface area contributed by atoms with Crippen molar-refractivity contribution in [1.82, 2.24) is 0 Å². The van der Waals surface area contributed by atoms with Crippen molar-refractivity contribution in [3.63, 3.8) is 0 Å². The number of rotatable bonds is 2. The van der Waals surface area contributed by atoms with Gasteiger partial charge in [0.2, 0.25) is 5.91 Å². The molecule has 1 atom stereocenters. The lowest BCUT2D eigenvalue weighted by Crippen LogP contribution is -2.52. The molecule has 5 heteroatoms. The average Bonchev–Trinajstić information content (AvgIpc) is 2.38. The van der Waals surface area contributed by atoms with Gasteiger partial charge in [0.15, 0.2) is 0 Å². The van der Waals surface area contributed by atoms with Crippen LogP contribution in [0.3, 0.4) is 0 Å². The van der Waals surface area contributed by atoms with Crippen molar-refractivity contribution in [2.45, 2.75) is 6.04 Å². The molecule has 1 aromatic rings. The molecule has 1 fully saturated rings. The van der Waals surface area contributed by atoms with Crippen LogP contribution < -0.4 is 10.6 Å². The topological polar surface area (TPSA) is 79.3 Å². The fraction of sp³-hybridized carbons (Fsp3) is 0.333. The van der Waals surface area contributed by atoms with Gasteiger partial charge in [-0.3, -0.25) is 4.79 Å². The Kier molecular flexibility index (Phi) is 3.26. The van der Waals surface area contributed by atoms with E-state index in [-0.39, 0.29) is 6.61 Å². The molecular formula is C12H13N3O2. The van der Waals surface area contributed by atoms with Gasteiger partial charge in [-0.15, -0.1) is 0 Å². The second-order valence-corrected chi connectivity index (χ2v) is 3.82. The molecule has 1 aromatic carbocycles. The summed E-state index contributed by atoms with van der Waals surface area (Å²) in [5.41, 5.74) is 6.62. The van der Waals surface area contributed by atoms with Crippen molar-refractivity contribution in [2.75, 3.05) is 24.7 Å². The molecule has 2 rings (SSSR count). The lowest BCUT2D eigenvalue weighted by Gasteiger charge is -2.35. The van der Waals surface area contributed by atoms with E-state index in [1.165, 1.54) is 0 Å². The Morgan fingerprint density at radius 2 is 2.29 bits per heavy atom. The SMILES string of the molecule is N#Cc1ccccc1N1CCOCC1C(N)=O. The predicted molar refractivity (Wildman–Crippen MR) is 62.3 cm³/mol. The summed E-state index contributed by atoms with van der Waals surface area (Å²) in [6.45, 7) is 1.37. The minimum atomic E-state index is -0.502. The van der Waals surface area contributed by atoms with E-state index in [9.17, 15) is 4.79 Å². The number of hydrogen-bond donors (Lipinski definition) is 1. The monoisotopic (exact) mass is 231 g/mol. The fourth-order valence-electron chi connectivity index (χ4n) is 1.95. The maximum absolute atomic E-state index is 11.4. The maximum Gasteiger partial charge on any atom is 0.242 e. The van der Waals surface area contributed by atoms with Crippen molar-refractivity contribution >= 4 is 11.6 Å². The zero-order chi connectivity index (χ0) is 12.3. The van der Waals surface area contributed by atoms with Gasteiger partial charge in [-0.1, -0.05) is 12.1 Å². The molecule has 1 aliphatic heterocycles. The summed E-state index contributed by atoms with van der Waals surface area (Å²) in [7, 11) is 0. The Labute approximate surface area is 99.4 Å². The van der Waals surface area contributed by atoms with E-state index in [2.05, 4.69) is 6.07 Å². The number of nitrogens with zero attached hydrogens (tertiary/aromatic N) is 2. The van der Waals surface area contributed by atoms with Gasteiger partial charge in [-0.05, 0) is 12.1 Å². The van der Waals surface area contributed by atoms with Gasteiger partial charge in [0.05, 0.1) is 24.5 Å². The second-order valence-electron chi connectivity index (χ2n) is 3.82. The third-order valence-electron chi connectivity index (χ3n) is 2.79. The molecular weight excluding hydrogens is 218 g/mol. The molecule has 1 aliphatic rings. The average molecular weight is 231 g/mol. The highest BCUT2D eigenvalue weighted by Crippen LogP contribution is 2.23. The highest BCUT2D eigenvalue weighted by molar-refractivity contribution is 5.84. The lowest BCUT2D eigenvalue weighted by atomic mass is 10.1. The Morgan fingerprint density at radius 3 is 3.00 bits per heavy atom. The number of carbonyl (C=O) groups excluding carboxylic acids is 1. The Balaban J connectivity index is 2.36. The number of benzene rings is 1. The zero-order valence-corrected chi connectivity index (χ0v) is 9.30. The van der Waals surface area contributed by atoms with Crippen LogP contribution in [0.2, 0.25) is 0 Å². The quantitative estimate of drug-likeness (QED) is 0.791. The normalized spacial score (nSPS) is 19.7. The van der Waals surface area contributed by atoms with Crippen LogP contribution in [0.5, 0.6) is 0 Å². The van der Waals surface area contributed by atoms with Gasteiger partial charge in [0.1, 0.15) is 12.1 Å². The van der Waals surface area contributed by atoms with Crippen molar-refractivity contribution in [3.05, 3.63) is 29.8 Å². The molecule has 0 radical (unpaired) electrons. The summed E-state index contributed by atoms with van der Waals surface area (Å²) >= 11 is 0. The minimum Gasteiger partial charge on any atom is -0.377 e. The van der Waals surface area contributed by atoms with Crippen LogP contribution in [0.15, 0.2) is 24.3 Å². The number of anilines is 1. The van der Waals surface area contributed by atoms with E-state index < -0.39 is 11.9 Å². The third-order valence-corrected chi connectivity index (χ3v) is 2.79. The number of morpholine rings is 1. The molecule has 0 aromatic heterocycles. The van der Waals surface area contributed by atoms with Gasteiger partial charge < -0.3 is 15.4 Å². The molecule has 5 nitrogen and oxygen atoms in total. The largest absolute Gasteiger partial charge is 0.377 e. The molecule has 0 aliphatic carbocycles. The Bertz CT molecular complexity index is 467. The molecule has 17 heavy (non-hydrogen) atoms. The van der Waals surface area contributed by atoms with Crippen LogP contribution in [0, 0.1) is 11.3 Å². The van der Waals surface area contributed by atoms with Crippen LogP contribution >= 0.6 is 0 Å². The molecule has 1 amide bonds. The van der Waals surface area contributed by atoms with Gasteiger partial charge in [-0.25, -0.2) is 0 Å². The molecule has 0 spiro atoms. The van der Waals surface area contributed by atoms with E-state index in [0.717, 1.165) is 5.69 Å². The smallest absolute Gasteiger partial charge is 0.242 e.